The van der Waals surface area contributed by atoms with Crippen LogP contribution in [0.15, 0.2) is 5.51 Å². The summed E-state index contributed by atoms with van der Waals surface area (Å²) in [6.07, 6.45) is 0.668. The van der Waals surface area contributed by atoms with E-state index < -0.39 is 0 Å². The number of nitrogens with two attached hydrogens (primary N) is 1. The Balaban J connectivity index is 0.00000256. The summed E-state index contributed by atoms with van der Waals surface area (Å²) in [5.74, 6) is -0.642. The molecule has 1 amide bonds. The van der Waals surface area contributed by atoms with Gasteiger partial charge < -0.3 is 27.5 Å². The lowest BCUT2D eigenvalue weighted by Crippen LogP contribution is -3.00. The van der Waals surface area contributed by atoms with Crippen molar-refractivity contribution in [3.8, 4) is 0 Å². The normalized spacial score (nSPS) is 9.53. The van der Waals surface area contributed by atoms with Crippen molar-refractivity contribution in [1.29, 1.82) is 0 Å². The Kier molecular flexibility index (Phi) is 6.98. The first kappa shape index (κ1) is 16.1. The van der Waals surface area contributed by atoms with E-state index in [0.29, 0.717) is 13.0 Å². The van der Waals surface area contributed by atoms with Crippen molar-refractivity contribution >= 4 is 23.2 Å². The number of aromatic nitrogens is 1. The van der Waals surface area contributed by atoms with Crippen molar-refractivity contribution in [1.82, 2.24) is 0 Å². The second-order valence-corrected chi connectivity index (χ2v) is 4.36. The number of hydrogen-bond donors (Lipinski definition) is 1. The minimum absolute atomic E-state index is 0. The zero-order valence-electron chi connectivity index (χ0n) is 9.73. The molecule has 0 aliphatic heterocycles. The van der Waals surface area contributed by atoms with E-state index in [-0.39, 0.29) is 35.4 Å². The third-order valence-electron chi connectivity index (χ3n) is 2.12. The Morgan fingerprint density at radius 2 is 2.18 bits per heavy atom. The van der Waals surface area contributed by atoms with Gasteiger partial charge in [0.1, 0.15) is 0 Å². The van der Waals surface area contributed by atoms with Crippen molar-refractivity contribution in [2.45, 2.75) is 26.8 Å². The molecule has 96 valence electrons. The van der Waals surface area contributed by atoms with E-state index in [2.05, 4.69) is 0 Å². The van der Waals surface area contributed by atoms with Crippen LogP contribution in [-0.4, -0.2) is 18.5 Å². The molecule has 0 atom stereocenters. The minimum Gasteiger partial charge on any atom is -1.00 e. The molecule has 0 spiro atoms. The average Bonchev–Trinajstić information content (AvgIpc) is 2.48. The molecule has 5 nitrogen and oxygen atoms in total. The predicted molar refractivity (Wildman–Crippen MR) is 58.8 cm³/mol. The van der Waals surface area contributed by atoms with Gasteiger partial charge in [0, 0.05) is 20.3 Å². The molecule has 7 heteroatoms. The van der Waals surface area contributed by atoms with Gasteiger partial charge in [-0.05, 0) is 0 Å². The number of carbonyl (C=O) groups is 2. The number of nitrogens with zero attached hydrogens (tertiary/aromatic N) is 1. The van der Waals surface area contributed by atoms with E-state index in [1.54, 1.807) is 4.57 Å². The third kappa shape index (κ3) is 5.27. The molecule has 0 saturated carbocycles. The Bertz CT molecular complexity index is 406. The number of primary amides is 1. The summed E-state index contributed by atoms with van der Waals surface area (Å²) in [7, 11) is 0. The first-order valence-electron chi connectivity index (χ1n) is 4.88. The molecule has 0 fully saturated rings. The van der Waals surface area contributed by atoms with Crippen molar-refractivity contribution in [2.24, 2.45) is 5.73 Å². The first-order valence-corrected chi connectivity index (χ1v) is 5.76. The molecule has 0 radical (unpaired) electrons. The fourth-order valence-corrected chi connectivity index (χ4v) is 2.28. The molecule has 0 aromatic carbocycles. The van der Waals surface area contributed by atoms with E-state index in [1.165, 1.54) is 18.3 Å². The van der Waals surface area contributed by atoms with Gasteiger partial charge in [-0.2, -0.15) is 4.57 Å². The third-order valence-corrected chi connectivity index (χ3v) is 3.26. The van der Waals surface area contributed by atoms with Crippen LogP contribution in [0.2, 0.25) is 0 Å². The van der Waals surface area contributed by atoms with Crippen molar-refractivity contribution in [3.63, 3.8) is 0 Å². The monoisotopic (exact) mass is 322 g/mol. The number of carbonyl (C=O) groups excluding carboxylic acids is 2. The highest BCUT2D eigenvalue weighted by atomic mass is 79.9. The zero-order chi connectivity index (χ0) is 12.1. The molecule has 1 aromatic heterocycles. The minimum atomic E-state index is -0.363. The summed E-state index contributed by atoms with van der Waals surface area (Å²) in [5, 5.41) is 0. The lowest BCUT2D eigenvalue weighted by Gasteiger charge is -1.98. The topological polar surface area (TPSA) is 73.3 Å². The molecule has 0 aliphatic carbocycles. The predicted octanol–water partition coefficient (Wildman–Crippen LogP) is -3.06. The Morgan fingerprint density at radius 1 is 1.53 bits per heavy atom. The van der Waals surface area contributed by atoms with Crippen molar-refractivity contribution < 1.29 is 35.9 Å². The molecular weight excluding hydrogens is 308 g/mol. The maximum Gasteiger partial charge on any atom is 0.302 e. The highest BCUT2D eigenvalue weighted by Crippen LogP contribution is 2.11. The summed E-state index contributed by atoms with van der Waals surface area (Å²) in [6, 6.07) is 0. The van der Waals surface area contributed by atoms with Gasteiger partial charge in [-0.3, -0.25) is 9.59 Å². The largest absolute Gasteiger partial charge is 1.00 e. The lowest BCUT2D eigenvalue weighted by atomic mass is 10.3. The first-order chi connectivity index (χ1) is 7.50. The maximum absolute atomic E-state index is 10.8. The molecule has 1 heterocycles. The molecule has 2 N–H and O–H groups in total. The highest BCUT2D eigenvalue weighted by Gasteiger charge is 2.16. The molecular formula is C10H15BrN2O3S. The standard InChI is InChI=1S/C10H14N2O3S.BrH/c1-7-9(3-4-15-8(2)13)16-6-12(7)5-10(11)14;/h6H,3-5H2,1-2H3,(H-,11,14);1H. The van der Waals surface area contributed by atoms with Crippen LogP contribution in [0.25, 0.3) is 0 Å². The van der Waals surface area contributed by atoms with E-state index in [1.807, 2.05) is 12.4 Å². The summed E-state index contributed by atoms with van der Waals surface area (Å²) in [6.45, 7) is 3.86. The van der Waals surface area contributed by atoms with Crippen LogP contribution in [-0.2, 0) is 27.3 Å². The Hall–Kier alpha value is -0.950. The molecule has 17 heavy (non-hydrogen) atoms. The van der Waals surface area contributed by atoms with Crippen molar-refractivity contribution in [2.75, 3.05) is 6.61 Å². The van der Waals surface area contributed by atoms with Crippen LogP contribution in [0.4, 0.5) is 0 Å². The second-order valence-electron chi connectivity index (χ2n) is 3.42. The Morgan fingerprint density at radius 3 is 2.71 bits per heavy atom. The quantitative estimate of drug-likeness (QED) is 0.462. The number of esters is 1. The smallest absolute Gasteiger partial charge is 0.302 e. The fraction of sp³-hybridized carbons (Fsp3) is 0.500. The van der Waals surface area contributed by atoms with Gasteiger partial charge in [0.25, 0.3) is 5.91 Å². The lowest BCUT2D eigenvalue weighted by molar-refractivity contribution is -0.685. The van der Waals surface area contributed by atoms with Crippen LogP contribution in [0, 0.1) is 6.92 Å². The van der Waals surface area contributed by atoms with Gasteiger partial charge >= 0.3 is 5.97 Å². The van der Waals surface area contributed by atoms with Gasteiger partial charge in [-0.1, -0.05) is 11.3 Å². The number of halogens is 1. The van der Waals surface area contributed by atoms with Gasteiger partial charge in [0.2, 0.25) is 12.1 Å². The number of hydrogen-bond acceptors (Lipinski definition) is 4. The van der Waals surface area contributed by atoms with E-state index in [9.17, 15) is 9.59 Å². The molecule has 1 aromatic rings. The summed E-state index contributed by atoms with van der Waals surface area (Å²) < 4.78 is 6.66. The van der Waals surface area contributed by atoms with E-state index in [0.717, 1.165) is 10.6 Å². The molecule has 0 bridgehead atoms. The number of ether oxygens (including phenoxy) is 1. The van der Waals surface area contributed by atoms with Crippen LogP contribution < -0.4 is 27.3 Å². The van der Waals surface area contributed by atoms with Gasteiger partial charge in [-0.15, -0.1) is 0 Å². The van der Waals surface area contributed by atoms with E-state index in [4.69, 9.17) is 10.5 Å². The number of thiazole rings is 1. The molecule has 0 saturated heterocycles. The average molecular weight is 323 g/mol. The zero-order valence-corrected chi connectivity index (χ0v) is 12.1. The van der Waals surface area contributed by atoms with Crippen LogP contribution in [0.3, 0.4) is 0 Å². The summed E-state index contributed by atoms with van der Waals surface area (Å²) in [5.41, 5.74) is 7.96. The van der Waals surface area contributed by atoms with E-state index >= 15 is 0 Å². The van der Waals surface area contributed by atoms with Crippen molar-refractivity contribution in [3.05, 3.63) is 16.1 Å². The summed E-state index contributed by atoms with van der Waals surface area (Å²) >= 11 is 1.53. The van der Waals surface area contributed by atoms with Gasteiger partial charge in [0.15, 0.2) is 5.69 Å². The fourth-order valence-electron chi connectivity index (χ4n) is 1.30. The number of rotatable bonds is 5. The van der Waals surface area contributed by atoms with Gasteiger partial charge in [-0.25, -0.2) is 0 Å². The molecule has 0 aliphatic rings. The highest BCUT2D eigenvalue weighted by molar-refractivity contribution is 7.09. The summed E-state index contributed by atoms with van der Waals surface area (Å²) in [4.78, 5) is 22.5. The SMILES string of the molecule is CC(=O)OCCc1sc[n+](CC(N)=O)c1C.[Br-]. The van der Waals surface area contributed by atoms with Crippen LogP contribution >= 0.6 is 11.3 Å². The van der Waals surface area contributed by atoms with Gasteiger partial charge in [0.05, 0.1) is 11.5 Å². The molecule has 1 rings (SSSR count). The maximum atomic E-state index is 10.8. The molecule has 0 unspecified atom stereocenters. The number of amides is 1. The Labute approximate surface area is 114 Å². The van der Waals surface area contributed by atoms with Crippen LogP contribution in [0.5, 0.6) is 0 Å². The van der Waals surface area contributed by atoms with Crippen LogP contribution in [0.1, 0.15) is 17.5 Å². The second kappa shape index (κ2) is 7.39.